The standard InChI is InChI=1S/C11H9Cl2NO/c12-6-3-8-7(9(13)4-6)1-5-2-10(15)14-11(5)8/h3-5,11H,1-2H2,(H,14,15). The van der Waals surface area contributed by atoms with Crippen molar-refractivity contribution in [3.63, 3.8) is 0 Å². The minimum atomic E-state index is 0.128. The molecule has 1 saturated heterocycles. The molecule has 1 N–H and O–H groups in total. The Morgan fingerprint density at radius 2 is 2.07 bits per heavy atom. The summed E-state index contributed by atoms with van der Waals surface area (Å²) < 4.78 is 0. The van der Waals surface area contributed by atoms with Gasteiger partial charge in [0.2, 0.25) is 5.91 Å². The maximum absolute atomic E-state index is 11.3. The lowest BCUT2D eigenvalue weighted by Crippen LogP contribution is -2.18. The van der Waals surface area contributed by atoms with Gasteiger partial charge in [-0.15, -0.1) is 0 Å². The van der Waals surface area contributed by atoms with Crippen molar-refractivity contribution in [1.82, 2.24) is 5.32 Å². The molecule has 2 atom stereocenters. The Bertz CT molecular complexity index is 458. The molecule has 2 aliphatic rings. The number of carbonyl (C=O) groups is 1. The molecule has 1 heterocycles. The molecule has 2 nitrogen and oxygen atoms in total. The summed E-state index contributed by atoms with van der Waals surface area (Å²) in [4.78, 5) is 11.3. The lowest BCUT2D eigenvalue weighted by atomic mass is 10.0. The van der Waals surface area contributed by atoms with Crippen molar-refractivity contribution < 1.29 is 4.79 Å². The summed E-state index contributed by atoms with van der Waals surface area (Å²) in [6, 6.07) is 3.81. The van der Waals surface area contributed by atoms with Crippen LogP contribution in [0.25, 0.3) is 0 Å². The lowest BCUT2D eigenvalue weighted by molar-refractivity contribution is -0.119. The Morgan fingerprint density at radius 3 is 2.87 bits per heavy atom. The van der Waals surface area contributed by atoms with Gasteiger partial charge in [-0.25, -0.2) is 0 Å². The van der Waals surface area contributed by atoms with Gasteiger partial charge in [-0.2, -0.15) is 0 Å². The van der Waals surface area contributed by atoms with Crippen LogP contribution in [0.15, 0.2) is 12.1 Å². The second-order valence-electron chi connectivity index (χ2n) is 4.17. The first-order valence-electron chi connectivity index (χ1n) is 4.92. The number of halogens is 2. The number of hydrogen-bond donors (Lipinski definition) is 1. The van der Waals surface area contributed by atoms with Crippen LogP contribution in [0.5, 0.6) is 0 Å². The highest BCUT2D eigenvalue weighted by molar-refractivity contribution is 6.35. The Morgan fingerprint density at radius 1 is 1.27 bits per heavy atom. The Labute approximate surface area is 97.6 Å². The third-order valence-electron chi connectivity index (χ3n) is 3.23. The van der Waals surface area contributed by atoms with Crippen LogP contribution < -0.4 is 5.32 Å². The van der Waals surface area contributed by atoms with Gasteiger partial charge in [0.25, 0.3) is 0 Å². The van der Waals surface area contributed by atoms with E-state index in [9.17, 15) is 4.79 Å². The molecule has 3 rings (SSSR count). The van der Waals surface area contributed by atoms with Crippen LogP contribution in [0.4, 0.5) is 0 Å². The van der Waals surface area contributed by atoms with Crippen LogP contribution in [0.2, 0.25) is 10.0 Å². The molecule has 0 radical (unpaired) electrons. The maximum Gasteiger partial charge on any atom is 0.220 e. The second kappa shape index (κ2) is 3.13. The molecule has 78 valence electrons. The van der Waals surface area contributed by atoms with Gasteiger partial charge in [-0.05, 0) is 35.6 Å². The van der Waals surface area contributed by atoms with Crippen molar-refractivity contribution in [3.8, 4) is 0 Å². The number of amides is 1. The third-order valence-corrected chi connectivity index (χ3v) is 3.79. The topological polar surface area (TPSA) is 29.1 Å². The van der Waals surface area contributed by atoms with E-state index in [-0.39, 0.29) is 11.9 Å². The largest absolute Gasteiger partial charge is 0.349 e. The second-order valence-corrected chi connectivity index (χ2v) is 5.01. The van der Waals surface area contributed by atoms with Crippen molar-refractivity contribution in [2.24, 2.45) is 5.92 Å². The molecule has 4 heteroatoms. The van der Waals surface area contributed by atoms with E-state index in [1.165, 1.54) is 0 Å². The smallest absolute Gasteiger partial charge is 0.220 e. The van der Waals surface area contributed by atoms with Crippen LogP contribution in [0, 0.1) is 5.92 Å². The van der Waals surface area contributed by atoms with Crippen LogP contribution >= 0.6 is 23.2 Å². The molecule has 1 fully saturated rings. The summed E-state index contributed by atoms with van der Waals surface area (Å²) in [5.41, 5.74) is 2.25. The Kier molecular flexibility index (Phi) is 1.98. The zero-order valence-electron chi connectivity index (χ0n) is 7.89. The van der Waals surface area contributed by atoms with Crippen LogP contribution in [-0.2, 0) is 11.2 Å². The van der Waals surface area contributed by atoms with Gasteiger partial charge in [0, 0.05) is 16.5 Å². The Balaban J connectivity index is 2.11. The summed E-state index contributed by atoms with van der Waals surface area (Å²) in [7, 11) is 0. The first-order valence-corrected chi connectivity index (χ1v) is 5.68. The van der Waals surface area contributed by atoms with Gasteiger partial charge < -0.3 is 5.32 Å². The molecule has 2 unspecified atom stereocenters. The van der Waals surface area contributed by atoms with Crippen molar-refractivity contribution in [2.75, 3.05) is 0 Å². The zero-order chi connectivity index (χ0) is 10.6. The molecule has 0 bridgehead atoms. The van der Waals surface area contributed by atoms with Crippen molar-refractivity contribution >= 4 is 29.1 Å². The van der Waals surface area contributed by atoms with E-state index in [4.69, 9.17) is 23.2 Å². The average Bonchev–Trinajstić information content (AvgIpc) is 2.63. The number of hydrogen-bond acceptors (Lipinski definition) is 1. The van der Waals surface area contributed by atoms with E-state index < -0.39 is 0 Å². The van der Waals surface area contributed by atoms with Gasteiger partial charge in [0.1, 0.15) is 0 Å². The number of fused-ring (bicyclic) bond motifs is 3. The van der Waals surface area contributed by atoms with E-state index in [1.807, 2.05) is 6.07 Å². The van der Waals surface area contributed by atoms with Crippen molar-refractivity contribution in [1.29, 1.82) is 0 Å². The average molecular weight is 242 g/mol. The summed E-state index contributed by atoms with van der Waals surface area (Å²) in [5, 5.41) is 4.33. The zero-order valence-corrected chi connectivity index (χ0v) is 9.40. The fraction of sp³-hybridized carbons (Fsp3) is 0.364. The van der Waals surface area contributed by atoms with Crippen LogP contribution in [0.3, 0.4) is 0 Å². The molecule has 15 heavy (non-hydrogen) atoms. The van der Waals surface area contributed by atoms with E-state index in [0.29, 0.717) is 17.4 Å². The SMILES string of the molecule is O=C1CC2Cc3c(Cl)cc(Cl)cc3C2N1. The summed E-state index contributed by atoms with van der Waals surface area (Å²) in [5.74, 6) is 0.496. The molecule has 0 spiro atoms. The fourth-order valence-electron chi connectivity index (χ4n) is 2.61. The molecular formula is C11H9Cl2NO. The van der Waals surface area contributed by atoms with Gasteiger partial charge >= 0.3 is 0 Å². The molecule has 0 aromatic heterocycles. The summed E-state index contributed by atoms with van der Waals surface area (Å²) in [6.45, 7) is 0. The highest BCUT2D eigenvalue weighted by Crippen LogP contribution is 2.45. The highest BCUT2D eigenvalue weighted by atomic mass is 35.5. The molecule has 0 saturated carbocycles. The van der Waals surface area contributed by atoms with Crippen LogP contribution in [-0.4, -0.2) is 5.91 Å². The number of nitrogens with one attached hydrogen (secondary N) is 1. The number of benzene rings is 1. The van der Waals surface area contributed by atoms with E-state index >= 15 is 0 Å². The van der Waals surface area contributed by atoms with Gasteiger partial charge in [0.15, 0.2) is 0 Å². The summed E-state index contributed by atoms with van der Waals surface area (Å²) >= 11 is 12.1. The quantitative estimate of drug-likeness (QED) is 0.744. The molecule has 1 amide bonds. The summed E-state index contributed by atoms with van der Waals surface area (Å²) in [6.07, 6.45) is 1.49. The number of carbonyl (C=O) groups excluding carboxylic acids is 1. The molecule has 1 aromatic rings. The van der Waals surface area contributed by atoms with E-state index in [2.05, 4.69) is 5.32 Å². The fourth-order valence-corrected chi connectivity index (χ4v) is 3.19. The lowest BCUT2D eigenvalue weighted by Gasteiger charge is -2.10. The maximum atomic E-state index is 11.3. The first kappa shape index (κ1) is 9.49. The minimum Gasteiger partial charge on any atom is -0.349 e. The third kappa shape index (κ3) is 1.35. The monoisotopic (exact) mass is 241 g/mol. The minimum absolute atomic E-state index is 0.128. The van der Waals surface area contributed by atoms with Crippen molar-refractivity contribution in [2.45, 2.75) is 18.9 Å². The van der Waals surface area contributed by atoms with E-state index in [0.717, 1.165) is 22.6 Å². The Hall–Kier alpha value is -0.730. The molecule has 1 aliphatic heterocycles. The predicted octanol–water partition coefficient (Wildman–Crippen LogP) is 2.73. The predicted molar refractivity (Wildman–Crippen MR) is 59.2 cm³/mol. The van der Waals surface area contributed by atoms with Crippen molar-refractivity contribution in [3.05, 3.63) is 33.3 Å². The normalized spacial score (nSPS) is 27.5. The van der Waals surface area contributed by atoms with Gasteiger partial charge in [-0.1, -0.05) is 23.2 Å². The number of rotatable bonds is 0. The van der Waals surface area contributed by atoms with Gasteiger partial charge in [0.05, 0.1) is 6.04 Å². The van der Waals surface area contributed by atoms with E-state index in [1.54, 1.807) is 6.07 Å². The molecule has 1 aromatic carbocycles. The first-order chi connectivity index (χ1) is 7.15. The molecular weight excluding hydrogens is 233 g/mol. The molecule has 1 aliphatic carbocycles. The highest BCUT2D eigenvalue weighted by Gasteiger charge is 2.40. The van der Waals surface area contributed by atoms with Gasteiger partial charge in [-0.3, -0.25) is 4.79 Å². The van der Waals surface area contributed by atoms with Crippen LogP contribution in [0.1, 0.15) is 23.6 Å².